The summed E-state index contributed by atoms with van der Waals surface area (Å²) in [6.45, 7) is 4.62. The molecule has 0 aliphatic heterocycles. The third-order valence-electron chi connectivity index (χ3n) is 3.04. The van der Waals surface area contributed by atoms with Crippen LogP contribution in [0.1, 0.15) is 31.1 Å². The van der Waals surface area contributed by atoms with Crippen LogP contribution in [0.2, 0.25) is 0 Å². The Labute approximate surface area is 156 Å². The van der Waals surface area contributed by atoms with Crippen molar-refractivity contribution in [3.05, 3.63) is 29.8 Å². The lowest BCUT2D eigenvalue weighted by Crippen LogP contribution is -2.50. The van der Waals surface area contributed by atoms with E-state index in [0.29, 0.717) is 5.69 Å². The van der Waals surface area contributed by atoms with Gasteiger partial charge in [0.1, 0.15) is 11.6 Å². The molecule has 0 saturated heterocycles. The average molecular weight is 380 g/mol. The number of anilines is 1. The summed E-state index contributed by atoms with van der Waals surface area (Å²) < 4.78 is 5.02. The molecule has 1 unspecified atom stereocenters. The topological polar surface area (TPSA) is 160 Å². The van der Waals surface area contributed by atoms with Gasteiger partial charge in [-0.05, 0) is 45.0 Å². The molecule has 10 nitrogen and oxygen atoms in total. The van der Waals surface area contributed by atoms with E-state index in [1.54, 1.807) is 20.8 Å². The van der Waals surface area contributed by atoms with E-state index in [-0.39, 0.29) is 18.7 Å². The lowest BCUT2D eigenvalue weighted by Gasteiger charge is -2.20. The van der Waals surface area contributed by atoms with Gasteiger partial charge in [-0.15, -0.1) is 0 Å². The highest BCUT2D eigenvalue weighted by molar-refractivity contribution is 5.96. The molecule has 148 valence electrons. The summed E-state index contributed by atoms with van der Waals surface area (Å²) in [5, 5.41) is 16.0. The molecule has 27 heavy (non-hydrogen) atoms. The molecule has 6 N–H and O–H groups in total. The van der Waals surface area contributed by atoms with Gasteiger partial charge in [0, 0.05) is 12.2 Å². The van der Waals surface area contributed by atoms with Crippen molar-refractivity contribution in [1.82, 2.24) is 10.6 Å². The molecule has 0 aromatic heterocycles. The van der Waals surface area contributed by atoms with E-state index >= 15 is 0 Å². The van der Waals surface area contributed by atoms with Crippen molar-refractivity contribution in [2.75, 3.05) is 18.4 Å². The highest BCUT2D eigenvalue weighted by Gasteiger charge is 2.19. The van der Waals surface area contributed by atoms with Crippen molar-refractivity contribution in [2.45, 2.75) is 32.4 Å². The number of ether oxygens (including phenoxy) is 1. The average Bonchev–Trinajstić information content (AvgIpc) is 2.56. The van der Waals surface area contributed by atoms with Crippen molar-refractivity contribution in [3.8, 4) is 0 Å². The van der Waals surface area contributed by atoms with E-state index < -0.39 is 35.5 Å². The molecule has 0 spiro atoms. The van der Waals surface area contributed by atoms with Gasteiger partial charge in [-0.1, -0.05) is 0 Å². The molecule has 0 saturated carbocycles. The second-order valence-electron chi connectivity index (χ2n) is 6.64. The number of aromatic carboxylic acids is 1. The summed E-state index contributed by atoms with van der Waals surface area (Å²) in [6, 6.07) is 4.49. The van der Waals surface area contributed by atoms with Crippen LogP contribution in [0.25, 0.3) is 0 Å². The van der Waals surface area contributed by atoms with Crippen LogP contribution in [0.5, 0.6) is 0 Å². The Kier molecular flexibility index (Phi) is 7.73. The minimum absolute atomic E-state index is 0.0877. The Balaban J connectivity index is 2.36. The lowest BCUT2D eigenvalue weighted by atomic mass is 10.2. The number of carboxylic acid groups (broad SMARTS) is 1. The molecule has 0 radical (unpaired) electrons. The second-order valence-corrected chi connectivity index (χ2v) is 6.64. The maximum Gasteiger partial charge on any atom is 0.407 e. The SMILES string of the molecule is CC(C)(C)OC(=O)NCC(N)C(=O)NCC(=O)Nc1ccc(C(=O)O)cc1. The minimum atomic E-state index is -1.07. The molecule has 0 fully saturated rings. The Morgan fingerprint density at radius 1 is 1.11 bits per heavy atom. The second kappa shape index (κ2) is 9.53. The Hall–Kier alpha value is -3.14. The Morgan fingerprint density at radius 3 is 2.22 bits per heavy atom. The van der Waals surface area contributed by atoms with E-state index in [1.807, 2.05) is 0 Å². The number of alkyl carbamates (subject to hydrolysis) is 1. The van der Waals surface area contributed by atoms with Gasteiger partial charge in [0.05, 0.1) is 12.1 Å². The maximum absolute atomic E-state index is 11.8. The highest BCUT2D eigenvalue weighted by Crippen LogP contribution is 2.09. The van der Waals surface area contributed by atoms with Crippen LogP contribution in [-0.4, -0.2) is 53.7 Å². The fraction of sp³-hybridized carbons (Fsp3) is 0.412. The van der Waals surface area contributed by atoms with E-state index in [9.17, 15) is 19.2 Å². The summed E-state index contributed by atoms with van der Waals surface area (Å²) >= 11 is 0. The smallest absolute Gasteiger partial charge is 0.407 e. The molecule has 1 aromatic carbocycles. The van der Waals surface area contributed by atoms with Gasteiger partial charge in [0.2, 0.25) is 11.8 Å². The van der Waals surface area contributed by atoms with E-state index in [2.05, 4.69) is 16.0 Å². The molecule has 0 aliphatic carbocycles. The van der Waals surface area contributed by atoms with Gasteiger partial charge in [-0.25, -0.2) is 9.59 Å². The lowest BCUT2D eigenvalue weighted by molar-refractivity contribution is -0.125. The number of carboxylic acids is 1. The summed E-state index contributed by atoms with van der Waals surface area (Å²) in [6.07, 6.45) is -0.701. The molecular weight excluding hydrogens is 356 g/mol. The molecular formula is C17H24N4O6. The fourth-order valence-electron chi connectivity index (χ4n) is 1.80. The first kappa shape index (κ1) is 21.9. The fourth-order valence-corrected chi connectivity index (χ4v) is 1.80. The van der Waals surface area contributed by atoms with Gasteiger partial charge in [0.15, 0.2) is 0 Å². The number of carbonyl (C=O) groups is 4. The zero-order valence-electron chi connectivity index (χ0n) is 15.4. The quantitative estimate of drug-likeness (QED) is 0.454. The van der Waals surface area contributed by atoms with Gasteiger partial charge >= 0.3 is 12.1 Å². The van der Waals surface area contributed by atoms with Crippen molar-refractivity contribution in [1.29, 1.82) is 0 Å². The van der Waals surface area contributed by atoms with Gasteiger partial charge in [-0.3, -0.25) is 9.59 Å². The number of hydrogen-bond donors (Lipinski definition) is 5. The van der Waals surface area contributed by atoms with Gasteiger partial charge in [0.25, 0.3) is 0 Å². The van der Waals surface area contributed by atoms with Crippen molar-refractivity contribution < 1.29 is 29.0 Å². The van der Waals surface area contributed by atoms with E-state index in [0.717, 1.165) is 0 Å². The number of carbonyl (C=O) groups excluding carboxylic acids is 3. The first-order valence-electron chi connectivity index (χ1n) is 8.11. The third-order valence-corrected chi connectivity index (χ3v) is 3.04. The third kappa shape index (κ3) is 8.68. The van der Waals surface area contributed by atoms with Crippen molar-refractivity contribution in [3.63, 3.8) is 0 Å². The highest BCUT2D eigenvalue weighted by atomic mass is 16.6. The molecule has 1 atom stereocenters. The van der Waals surface area contributed by atoms with Gasteiger partial charge in [-0.2, -0.15) is 0 Å². The first-order chi connectivity index (χ1) is 12.5. The van der Waals surface area contributed by atoms with Crippen LogP contribution in [0, 0.1) is 0 Å². The minimum Gasteiger partial charge on any atom is -0.478 e. The predicted octanol–water partition coefficient (Wildman–Crippen LogP) is 0.292. The standard InChI is InChI=1S/C17H24N4O6/c1-17(2,3)27-16(26)20-8-12(18)14(23)19-9-13(22)21-11-6-4-10(5-7-11)15(24)25/h4-7,12H,8-9,18H2,1-3H3,(H,19,23)(H,20,26)(H,21,22)(H,24,25). The number of benzene rings is 1. The molecule has 1 aromatic rings. The molecule has 10 heteroatoms. The molecule has 1 rings (SSSR count). The monoisotopic (exact) mass is 380 g/mol. The molecule has 3 amide bonds. The predicted molar refractivity (Wildman–Crippen MR) is 97.3 cm³/mol. The summed E-state index contributed by atoms with van der Waals surface area (Å²) in [5.74, 6) is -2.21. The number of nitrogens with two attached hydrogens (primary N) is 1. The molecule has 0 bridgehead atoms. The Morgan fingerprint density at radius 2 is 1.70 bits per heavy atom. The number of rotatable bonds is 7. The van der Waals surface area contributed by atoms with E-state index in [4.69, 9.17) is 15.6 Å². The first-order valence-corrected chi connectivity index (χ1v) is 8.11. The maximum atomic E-state index is 11.8. The van der Waals surface area contributed by atoms with Gasteiger partial charge < -0.3 is 31.5 Å². The van der Waals surface area contributed by atoms with Crippen LogP contribution in [0.3, 0.4) is 0 Å². The normalized spacial score (nSPS) is 11.9. The Bertz CT molecular complexity index is 696. The number of nitrogens with one attached hydrogen (secondary N) is 3. The van der Waals surface area contributed by atoms with Crippen LogP contribution in [0.4, 0.5) is 10.5 Å². The zero-order chi connectivity index (χ0) is 20.6. The van der Waals surface area contributed by atoms with Crippen LogP contribution >= 0.6 is 0 Å². The van der Waals surface area contributed by atoms with Crippen LogP contribution in [-0.2, 0) is 14.3 Å². The van der Waals surface area contributed by atoms with E-state index in [1.165, 1.54) is 24.3 Å². The molecule has 0 heterocycles. The summed E-state index contributed by atoms with van der Waals surface area (Å²) in [4.78, 5) is 45.9. The summed E-state index contributed by atoms with van der Waals surface area (Å²) in [5.41, 5.74) is 5.45. The van der Waals surface area contributed by atoms with Crippen molar-refractivity contribution in [2.24, 2.45) is 5.73 Å². The van der Waals surface area contributed by atoms with Crippen LogP contribution < -0.4 is 21.7 Å². The number of amides is 3. The zero-order valence-corrected chi connectivity index (χ0v) is 15.4. The summed E-state index contributed by atoms with van der Waals surface area (Å²) in [7, 11) is 0. The van der Waals surface area contributed by atoms with Crippen molar-refractivity contribution >= 4 is 29.6 Å². The largest absolute Gasteiger partial charge is 0.478 e. The van der Waals surface area contributed by atoms with Crippen LogP contribution in [0.15, 0.2) is 24.3 Å². The number of hydrogen-bond acceptors (Lipinski definition) is 6. The molecule has 0 aliphatic rings.